The van der Waals surface area contributed by atoms with Crippen LogP contribution in [0.5, 0.6) is 0 Å². The molecule has 80 valence electrons. The molecule has 2 aliphatic rings. The molecule has 0 amide bonds. The lowest BCUT2D eigenvalue weighted by molar-refractivity contribution is -0.144. The topological polar surface area (TPSA) is 58.6 Å². The van der Waals surface area contributed by atoms with E-state index in [0.29, 0.717) is 12.5 Å². The molecule has 4 heteroatoms. The number of rotatable bonds is 3. The van der Waals surface area contributed by atoms with Crippen LogP contribution in [-0.2, 0) is 9.53 Å². The summed E-state index contributed by atoms with van der Waals surface area (Å²) in [5, 5.41) is 11.9. The zero-order chi connectivity index (χ0) is 9.97. The van der Waals surface area contributed by atoms with Crippen molar-refractivity contribution in [2.24, 2.45) is 5.92 Å². The second kappa shape index (κ2) is 4.28. The molecule has 0 spiro atoms. The normalized spacial score (nSPS) is 33.7. The molecule has 1 saturated heterocycles. The zero-order valence-electron chi connectivity index (χ0n) is 8.24. The molecule has 2 fully saturated rings. The molecule has 1 saturated carbocycles. The summed E-state index contributed by atoms with van der Waals surface area (Å²) in [6.45, 7) is 1.57. The Kier molecular flexibility index (Phi) is 3.03. The smallest absolute Gasteiger partial charge is 0.306 e. The van der Waals surface area contributed by atoms with E-state index in [1.54, 1.807) is 0 Å². The van der Waals surface area contributed by atoms with E-state index < -0.39 is 5.97 Å². The maximum atomic E-state index is 10.5. The number of morpholine rings is 1. The summed E-state index contributed by atoms with van der Waals surface area (Å²) >= 11 is 0. The molecule has 0 aromatic carbocycles. The van der Waals surface area contributed by atoms with Crippen LogP contribution in [-0.4, -0.2) is 36.4 Å². The van der Waals surface area contributed by atoms with Crippen LogP contribution < -0.4 is 5.32 Å². The van der Waals surface area contributed by atoms with Crippen LogP contribution >= 0.6 is 0 Å². The Hall–Kier alpha value is -0.610. The van der Waals surface area contributed by atoms with Gasteiger partial charge in [0.25, 0.3) is 0 Å². The maximum Gasteiger partial charge on any atom is 0.306 e. The number of nitrogens with one attached hydrogen (secondary N) is 1. The number of carbonyl (C=O) groups is 1. The van der Waals surface area contributed by atoms with Crippen molar-refractivity contribution in [2.45, 2.75) is 37.9 Å². The van der Waals surface area contributed by atoms with Gasteiger partial charge >= 0.3 is 5.97 Å². The SMILES string of the molecule is O=C(O)CC1CNCC(C2CCC2)O1. The van der Waals surface area contributed by atoms with Crippen LogP contribution in [0.25, 0.3) is 0 Å². The van der Waals surface area contributed by atoms with Crippen LogP contribution in [0.4, 0.5) is 0 Å². The van der Waals surface area contributed by atoms with E-state index in [9.17, 15) is 4.79 Å². The van der Waals surface area contributed by atoms with E-state index in [1.165, 1.54) is 19.3 Å². The van der Waals surface area contributed by atoms with E-state index in [1.807, 2.05) is 0 Å². The van der Waals surface area contributed by atoms with Gasteiger partial charge in [-0.2, -0.15) is 0 Å². The van der Waals surface area contributed by atoms with Gasteiger partial charge < -0.3 is 15.2 Å². The Labute approximate surface area is 83.6 Å². The first-order chi connectivity index (χ1) is 6.75. The molecule has 1 heterocycles. The first-order valence-corrected chi connectivity index (χ1v) is 5.33. The summed E-state index contributed by atoms with van der Waals surface area (Å²) < 4.78 is 5.76. The Morgan fingerprint density at radius 1 is 1.43 bits per heavy atom. The molecule has 2 unspecified atom stereocenters. The summed E-state index contributed by atoms with van der Waals surface area (Å²) in [5.74, 6) is -0.106. The Morgan fingerprint density at radius 2 is 2.21 bits per heavy atom. The summed E-state index contributed by atoms with van der Waals surface area (Å²) in [6, 6.07) is 0. The number of ether oxygens (including phenoxy) is 1. The molecule has 1 aliphatic heterocycles. The molecule has 0 aromatic rings. The summed E-state index contributed by atoms with van der Waals surface area (Å²) in [4.78, 5) is 10.5. The molecule has 2 atom stereocenters. The molecule has 0 bridgehead atoms. The van der Waals surface area contributed by atoms with Crippen molar-refractivity contribution in [3.63, 3.8) is 0 Å². The second-order valence-corrected chi connectivity index (χ2v) is 4.24. The van der Waals surface area contributed by atoms with Crippen molar-refractivity contribution in [3.05, 3.63) is 0 Å². The van der Waals surface area contributed by atoms with Gasteiger partial charge in [-0.25, -0.2) is 0 Å². The predicted molar refractivity (Wildman–Crippen MR) is 51.1 cm³/mol. The van der Waals surface area contributed by atoms with Crippen molar-refractivity contribution in [3.8, 4) is 0 Å². The van der Waals surface area contributed by atoms with Gasteiger partial charge in [0.15, 0.2) is 0 Å². The van der Waals surface area contributed by atoms with E-state index >= 15 is 0 Å². The van der Waals surface area contributed by atoms with Gasteiger partial charge in [0, 0.05) is 13.1 Å². The van der Waals surface area contributed by atoms with Gasteiger partial charge in [-0.3, -0.25) is 4.79 Å². The minimum atomic E-state index is -0.772. The van der Waals surface area contributed by atoms with Crippen LogP contribution in [0, 0.1) is 5.92 Å². The highest BCUT2D eigenvalue weighted by Crippen LogP contribution is 2.32. The summed E-state index contributed by atoms with van der Waals surface area (Å²) in [5.41, 5.74) is 0. The molecule has 2 N–H and O–H groups in total. The lowest BCUT2D eigenvalue weighted by atomic mass is 9.80. The molecular weight excluding hydrogens is 182 g/mol. The number of carboxylic acid groups (broad SMARTS) is 1. The first kappa shape index (κ1) is 9.93. The lowest BCUT2D eigenvalue weighted by Crippen LogP contribution is -2.49. The van der Waals surface area contributed by atoms with E-state index in [0.717, 1.165) is 6.54 Å². The predicted octanol–water partition coefficient (Wildman–Crippen LogP) is 0.618. The summed E-state index contributed by atoms with van der Waals surface area (Å²) in [7, 11) is 0. The fourth-order valence-electron chi connectivity index (χ4n) is 2.13. The van der Waals surface area contributed by atoms with Crippen LogP contribution in [0.15, 0.2) is 0 Å². The minimum Gasteiger partial charge on any atom is -0.481 e. The Morgan fingerprint density at radius 3 is 2.79 bits per heavy atom. The Bertz CT molecular complexity index is 215. The zero-order valence-corrected chi connectivity index (χ0v) is 8.24. The third-order valence-corrected chi connectivity index (χ3v) is 3.16. The highest BCUT2D eigenvalue weighted by atomic mass is 16.5. The van der Waals surface area contributed by atoms with Crippen LogP contribution in [0.3, 0.4) is 0 Å². The second-order valence-electron chi connectivity index (χ2n) is 4.24. The van der Waals surface area contributed by atoms with E-state index in [2.05, 4.69) is 5.32 Å². The van der Waals surface area contributed by atoms with Gasteiger partial charge in [0.1, 0.15) is 0 Å². The van der Waals surface area contributed by atoms with Gasteiger partial charge in [-0.15, -0.1) is 0 Å². The molecular formula is C10H17NO3. The Balaban J connectivity index is 1.80. The summed E-state index contributed by atoms with van der Waals surface area (Å²) in [6.07, 6.45) is 4.02. The van der Waals surface area contributed by atoms with Crippen molar-refractivity contribution in [1.29, 1.82) is 0 Å². The fraction of sp³-hybridized carbons (Fsp3) is 0.900. The number of hydrogen-bond donors (Lipinski definition) is 2. The fourth-order valence-corrected chi connectivity index (χ4v) is 2.13. The van der Waals surface area contributed by atoms with E-state index in [4.69, 9.17) is 9.84 Å². The van der Waals surface area contributed by atoms with Gasteiger partial charge in [-0.1, -0.05) is 6.42 Å². The maximum absolute atomic E-state index is 10.5. The standard InChI is InChI=1S/C10H17NO3/c12-10(13)4-8-5-11-6-9(14-8)7-2-1-3-7/h7-9,11H,1-6H2,(H,12,13). The third-order valence-electron chi connectivity index (χ3n) is 3.16. The van der Waals surface area contributed by atoms with Crippen molar-refractivity contribution in [1.82, 2.24) is 5.32 Å². The van der Waals surface area contributed by atoms with Gasteiger partial charge in [0.2, 0.25) is 0 Å². The lowest BCUT2D eigenvalue weighted by Gasteiger charge is -2.39. The highest BCUT2D eigenvalue weighted by molar-refractivity contribution is 5.67. The molecule has 0 aromatic heterocycles. The molecule has 0 radical (unpaired) electrons. The minimum absolute atomic E-state index is 0.121. The van der Waals surface area contributed by atoms with Crippen LogP contribution in [0.1, 0.15) is 25.7 Å². The third kappa shape index (κ3) is 2.25. The van der Waals surface area contributed by atoms with Crippen molar-refractivity contribution < 1.29 is 14.6 Å². The monoisotopic (exact) mass is 199 g/mol. The van der Waals surface area contributed by atoms with Gasteiger partial charge in [0.05, 0.1) is 18.6 Å². The molecule has 14 heavy (non-hydrogen) atoms. The average molecular weight is 199 g/mol. The molecule has 1 aliphatic carbocycles. The van der Waals surface area contributed by atoms with Crippen molar-refractivity contribution in [2.75, 3.05) is 13.1 Å². The van der Waals surface area contributed by atoms with Crippen molar-refractivity contribution >= 4 is 5.97 Å². The number of hydrogen-bond acceptors (Lipinski definition) is 3. The van der Waals surface area contributed by atoms with Crippen LogP contribution in [0.2, 0.25) is 0 Å². The number of carboxylic acids is 1. The van der Waals surface area contributed by atoms with E-state index in [-0.39, 0.29) is 18.6 Å². The molecule has 2 rings (SSSR count). The highest BCUT2D eigenvalue weighted by Gasteiger charge is 2.32. The quantitative estimate of drug-likeness (QED) is 0.699. The number of aliphatic carboxylic acids is 1. The average Bonchev–Trinajstić information content (AvgIpc) is 1.99. The first-order valence-electron chi connectivity index (χ1n) is 5.33. The largest absolute Gasteiger partial charge is 0.481 e. The molecule has 4 nitrogen and oxygen atoms in total. The van der Waals surface area contributed by atoms with Gasteiger partial charge in [-0.05, 0) is 18.8 Å².